The van der Waals surface area contributed by atoms with Gasteiger partial charge in [-0.25, -0.2) is 12.7 Å². The first-order chi connectivity index (χ1) is 15.2. The minimum absolute atomic E-state index is 0.0277. The maximum absolute atomic E-state index is 11.7. The van der Waals surface area contributed by atoms with Crippen LogP contribution >= 0.6 is 11.6 Å². The summed E-state index contributed by atoms with van der Waals surface area (Å²) < 4.78 is 35.9. The molecule has 1 fully saturated rings. The molecule has 0 radical (unpaired) electrons. The molecule has 2 aromatic carbocycles. The highest BCUT2D eigenvalue weighted by molar-refractivity contribution is 7.88. The van der Waals surface area contributed by atoms with Crippen LogP contribution in [0.2, 0.25) is 5.02 Å². The molecule has 4 rings (SSSR count). The molecule has 3 aromatic rings. The molecule has 0 saturated carbocycles. The molecule has 1 N–H and O–H groups in total. The molecule has 1 atom stereocenters. The van der Waals surface area contributed by atoms with E-state index >= 15 is 0 Å². The number of halogens is 1. The minimum atomic E-state index is -3.15. The fraction of sp³-hybridized carbons (Fsp3) is 0.364. The fourth-order valence-corrected chi connectivity index (χ4v) is 4.65. The van der Waals surface area contributed by atoms with Gasteiger partial charge in [0.15, 0.2) is 0 Å². The molecule has 0 spiro atoms. The highest BCUT2D eigenvalue weighted by atomic mass is 35.5. The molecule has 1 saturated heterocycles. The van der Waals surface area contributed by atoms with Gasteiger partial charge in [0.25, 0.3) is 5.89 Å². The van der Waals surface area contributed by atoms with Gasteiger partial charge < -0.3 is 14.6 Å². The van der Waals surface area contributed by atoms with E-state index in [0.717, 1.165) is 23.2 Å². The third-order valence-electron chi connectivity index (χ3n) is 5.10. The summed E-state index contributed by atoms with van der Waals surface area (Å²) in [7, 11) is -3.15. The van der Waals surface area contributed by atoms with Crippen LogP contribution in [-0.2, 0) is 10.0 Å². The summed E-state index contributed by atoms with van der Waals surface area (Å²) in [6, 6.07) is 13.1. The van der Waals surface area contributed by atoms with E-state index in [9.17, 15) is 8.42 Å². The molecule has 0 unspecified atom stereocenters. The quantitative estimate of drug-likeness (QED) is 0.543. The Hall–Kier alpha value is -2.62. The first-order valence-corrected chi connectivity index (χ1v) is 12.5. The maximum atomic E-state index is 11.7. The third kappa shape index (κ3) is 5.23. The normalized spacial score (nSPS) is 17.1. The lowest BCUT2D eigenvalue weighted by Crippen LogP contribution is -2.30. The standard InChI is InChI=1S/C22H25ClN4O4S/c1-14(2)30-20-9-6-16(12-19(20)23)21-25-22(31-26-21)15-4-7-17(8-5-15)24-18-10-11-27(13-18)32(3,28)29/h4-9,12,14,18,24H,10-11,13H2,1-3H3/t18-/m0/s1. The summed E-state index contributed by atoms with van der Waals surface area (Å²) in [5.41, 5.74) is 2.42. The van der Waals surface area contributed by atoms with Gasteiger partial charge in [-0.05, 0) is 62.7 Å². The van der Waals surface area contributed by atoms with Crippen LogP contribution in [0, 0.1) is 0 Å². The van der Waals surface area contributed by atoms with Crippen molar-refractivity contribution in [2.75, 3.05) is 24.7 Å². The lowest BCUT2D eigenvalue weighted by molar-refractivity contribution is 0.242. The zero-order valence-corrected chi connectivity index (χ0v) is 19.7. The Morgan fingerprint density at radius 1 is 1.19 bits per heavy atom. The first-order valence-electron chi connectivity index (χ1n) is 10.3. The van der Waals surface area contributed by atoms with Crippen LogP contribution in [0.4, 0.5) is 5.69 Å². The van der Waals surface area contributed by atoms with E-state index in [-0.39, 0.29) is 12.1 Å². The predicted octanol–water partition coefficient (Wildman–Crippen LogP) is 4.29. The van der Waals surface area contributed by atoms with Crippen molar-refractivity contribution < 1.29 is 17.7 Å². The molecular formula is C22H25ClN4O4S. The van der Waals surface area contributed by atoms with Crippen molar-refractivity contribution in [1.82, 2.24) is 14.4 Å². The molecule has 10 heteroatoms. The summed E-state index contributed by atoms with van der Waals surface area (Å²) in [6.45, 7) is 4.88. The second kappa shape index (κ2) is 9.09. The Morgan fingerprint density at radius 2 is 1.91 bits per heavy atom. The summed E-state index contributed by atoms with van der Waals surface area (Å²) in [5.74, 6) is 1.44. The molecule has 1 aliphatic heterocycles. The fourth-order valence-electron chi connectivity index (χ4n) is 3.54. The van der Waals surface area contributed by atoms with Crippen LogP contribution in [-0.4, -0.2) is 54.4 Å². The third-order valence-corrected chi connectivity index (χ3v) is 6.67. The molecular weight excluding hydrogens is 452 g/mol. The molecule has 1 aliphatic rings. The lowest BCUT2D eigenvalue weighted by Gasteiger charge is -2.15. The SMILES string of the molecule is CC(C)Oc1ccc(-c2noc(-c3ccc(N[C@H]4CCN(S(C)(=O)=O)C4)cc3)n2)cc1Cl. The van der Waals surface area contributed by atoms with E-state index in [0.29, 0.717) is 35.6 Å². The van der Waals surface area contributed by atoms with E-state index in [4.69, 9.17) is 20.9 Å². The van der Waals surface area contributed by atoms with Crippen molar-refractivity contribution in [2.24, 2.45) is 0 Å². The van der Waals surface area contributed by atoms with Gasteiger partial charge in [-0.3, -0.25) is 0 Å². The molecule has 0 aliphatic carbocycles. The Kier molecular flexibility index (Phi) is 6.41. The topological polar surface area (TPSA) is 97.6 Å². The molecule has 1 aromatic heterocycles. The van der Waals surface area contributed by atoms with Gasteiger partial charge in [0.2, 0.25) is 15.8 Å². The van der Waals surface area contributed by atoms with E-state index in [1.54, 1.807) is 12.1 Å². The molecule has 0 amide bonds. The monoisotopic (exact) mass is 476 g/mol. The Labute approximate surface area is 192 Å². The molecule has 32 heavy (non-hydrogen) atoms. The smallest absolute Gasteiger partial charge is 0.258 e. The van der Waals surface area contributed by atoms with Gasteiger partial charge in [-0.1, -0.05) is 16.8 Å². The summed E-state index contributed by atoms with van der Waals surface area (Å²) in [5, 5.41) is 7.93. The van der Waals surface area contributed by atoms with Crippen molar-refractivity contribution >= 4 is 27.3 Å². The predicted molar refractivity (Wildman–Crippen MR) is 124 cm³/mol. The van der Waals surface area contributed by atoms with E-state index < -0.39 is 10.0 Å². The molecule has 0 bridgehead atoms. The van der Waals surface area contributed by atoms with Gasteiger partial charge in [0, 0.05) is 35.9 Å². The first kappa shape index (κ1) is 22.6. The number of rotatable bonds is 7. The zero-order chi connectivity index (χ0) is 22.9. The van der Waals surface area contributed by atoms with Gasteiger partial charge >= 0.3 is 0 Å². The summed E-state index contributed by atoms with van der Waals surface area (Å²) in [6.07, 6.45) is 2.04. The number of aromatic nitrogens is 2. The van der Waals surface area contributed by atoms with Crippen LogP contribution in [0.3, 0.4) is 0 Å². The Morgan fingerprint density at radius 3 is 2.53 bits per heavy atom. The largest absolute Gasteiger partial charge is 0.489 e. The van der Waals surface area contributed by atoms with E-state index in [1.807, 2.05) is 44.2 Å². The highest BCUT2D eigenvalue weighted by Crippen LogP contribution is 2.31. The average molecular weight is 477 g/mol. The number of hydrogen-bond acceptors (Lipinski definition) is 7. The Balaban J connectivity index is 1.43. The van der Waals surface area contributed by atoms with Gasteiger partial charge in [0.1, 0.15) is 5.75 Å². The second-order valence-corrected chi connectivity index (χ2v) is 10.5. The van der Waals surface area contributed by atoms with Crippen LogP contribution in [0.15, 0.2) is 47.0 Å². The van der Waals surface area contributed by atoms with Crippen LogP contribution in [0.5, 0.6) is 5.75 Å². The second-order valence-electron chi connectivity index (χ2n) is 8.06. The molecule has 2 heterocycles. The van der Waals surface area contributed by atoms with Crippen LogP contribution in [0.1, 0.15) is 20.3 Å². The van der Waals surface area contributed by atoms with Crippen molar-refractivity contribution in [1.29, 1.82) is 0 Å². The zero-order valence-electron chi connectivity index (χ0n) is 18.1. The van der Waals surface area contributed by atoms with E-state index in [2.05, 4.69) is 15.5 Å². The minimum Gasteiger partial charge on any atom is -0.489 e. The van der Waals surface area contributed by atoms with Gasteiger partial charge in [0.05, 0.1) is 17.4 Å². The average Bonchev–Trinajstić information content (AvgIpc) is 3.40. The van der Waals surface area contributed by atoms with Crippen LogP contribution in [0.25, 0.3) is 22.8 Å². The van der Waals surface area contributed by atoms with Gasteiger partial charge in [-0.2, -0.15) is 4.98 Å². The van der Waals surface area contributed by atoms with Crippen molar-refractivity contribution in [3.63, 3.8) is 0 Å². The number of nitrogens with one attached hydrogen (secondary N) is 1. The van der Waals surface area contributed by atoms with Crippen molar-refractivity contribution in [2.45, 2.75) is 32.4 Å². The summed E-state index contributed by atoms with van der Waals surface area (Å²) in [4.78, 5) is 4.48. The van der Waals surface area contributed by atoms with E-state index in [1.165, 1.54) is 10.6 Å². The van der Waals surface area contributed by atoms with Crippen molar-refractivity contribution in [3.8, 4) is 28.6 Å². The number of nitrogens with zero attached hydrogens (tertiary/aromatic N) is 3. The number of ether oxygens (including phenoxy) is 1. The lowest BCUT2D eigenvalue weighted by atomic mass is 10.1. The molecule has 8 nitrogen and oxygen atoms in total. The Bertz CT molecular complexity index is 1190. The molecule has 170 valence electrons. The number of sulfonamides is 1. The van der Waals surface area contributed by atoms with Crippen LogP contribution < -0.4 is 10.1 Å². The summed E-state index contributed by atoms with van der Waals surface area (Å²) >= 11 is 6.31. The highest BCUT2D eigenvalue weighted by Gasteiger charge is 2.28. The number of hydrogen-bond donors (Lipinski definition) is 1. The maximum Gasteiger partial charge on any atom is 0.258 e. The number of benzene rings is 2. The van der Waals surface area contributed by atoms with Gasteiger partial charge in [-0.15, -0.1) is 0 Å². The number of anilines is 1. The van der Waals surface area contributed by atoms with Crippen molar-refractivity contribution in [3.05, 3.63) is 47.5 Å².